The van der Waals surface area contributed by atoms with Gasteiger partial charge in [0.25, 0.3) is 0 Å². The van der Waals surface area contributed by atoms with Gasteiger partial charge in [-0.25, -0.2) is 9.59 Å². The number of esters is 1. The lowest BCUT2D eigenvalue weighted by atomic mass is 9.91. The Hall–Kier alpha value is -4.85. The quantitative estimate of drug-likeness (QED) is 0.139. The highest BCUT2D eigenvalue weighted by Crippen LogP contribution is 2.34. The summed E-state index contributed by atoms with van der Waals surface area (Å²) < 4.78 is 11.6. The lowest BCUT2D eigenvalue weighted by Gasteiger charge is -2.42. The molecule has 1 aliphatic carbocycles. The summed E-state index contributed by atoms with van der Waals surface area (Å²) >= 11 is 0. The second-order valence-corrected chi connectivity index (χ2v) is 18.8. The number of hydrogen-bond acceptors (Lipinski definition) is 10. The predicted octanol–water partition coefficient (Wildman–Crippen LogP) is 5.36. The number of benzene rings is 2. The number of aromatic nitrogens is 1. The van der Waals surface area contributed by atoms with Crippen molar-refractivity contribution in [2.24, 2.45) is 11.8 Å². The van der Waals surface area contributed by atoms with Crippen LogP contribution in [0.3, 0.4) is 0 Å². The van der Waals surface area contributed by atoms with E-state index in [1.165, 1.54) is 0 Å². The minimum atomic E-state index is -0.951. The molecule has 0 radical (unpaired) electrons. The number of aliphatic hydroxyl groups is 1. The standard InChI is InChI=1S/C47H66N6O7/c1-31(2)23-38(49-45(58)60-47(6,7)8)44(57)59-40-26-34-18-12-13-19-37(34)41(40)50-42(55)35(24-32-15-10-9-11-16-32)25-36(54)29-53-22-21-52(28-33-17-14-20-48-27-33)30-39(53)43(56)51-46(3,4)5/h9-20,27,31,35-36,38-41,54H,21-26,28-30H2,1-8H3,(H,49,58)(H,50,55)(H,51,56)/t35-,36+,38+,39+,40-,41+/m1/s1. The van der Waals surface area contributed by atoms with E-state index in [0.717, 1.165) is 22.3 Å². The first-order chi connectivity index (χ1) is 28.3. The summed E-state index contributed by atoms with van der Waals surface area (Å²) in [5, 5.41) is 20.9. The minimum absolute atomic E-state index is 0.0674. The molecule has 13 heteroatoms. The molecule has 3 amide bonds. The number of fused-ring (bicyclic) bond motifs is 1. The zero-order chi connectivity index (χ0) is 43.6. The average Bonchev–Trinajstić information content (AvgIpc) is 3.50. The molecule has 0 spiro atoms. The van der Waals surface area contributed by atoms with Crippen molar-refractivity contribution in [3.63, 3.8) is 0 Å². The predicted molar refractivity (Wildman–Crippen MR) is 231 cm³/mol. The maximum Gasteiger partial charge on any atom is 0.408 e. The Kier molecular flexibility index (Phi) is 15.9. The van der Waals surface area contributed by atoms with Gasteiger partial charge >= 0.3 is 12.1 Å². The topological polar surface area (TPSA) is 162 Å². The van der Waals surface area contributed by atoms with Crippen molar-refractivity contribution in [1.82, 2.24) is 30.7 Å². The molecule has 326 valence electrons. The fourth-order valence-corrected chi connectivity index (χ4v) is 8.02. The summed E-state index contributed by atoms with van der Waals surface area (Å²) in [6.45, 7) is 17.6. The maximum absolute atomic E-state index is 14.6. The van der Waals surface area contributed by atoms with E-state index in [1.54, 1.807) is 27.0 Å². The maximum atomic E-state index is 14.6. The van der Waals surface area contributed by atoms with Gasteiger partial charge in [-0.15, -0.1) is 0 Å². The smallest absolute Gasteiger partial charge is 0.408 e. The second kappa shape index (κ2) is 20.6. The molecule has 1 aromatic heterocycles. The molecule has 13 nitrogen and oxygen atoms in total. The van der Waals surface area contributed by atoms with E-state index in [4.69, 9.17) is 9.47 Å². The molecule has 6 atom stereocenters. The summed E-state index contributed by atoms with van der Waals surface area (Å²) in [4.78, 5) is 63.4. The summed E-state index contributed by atoms with van der Waals surface area (Å²) in [5.74, 6) is -1.58. The molecular formula is C47H66N6O7. The van der Waals surface area contributed by atoms with Crippen molar-refractivity contribution >= 4 is 23.9 Å². The molecule has 2 aromatic carbocycles. The van der Waals surface area contributed by atoms with Crippen LogP contribution in [0.5, 0.6) is 0 Å². The van der Waals surface area contributed by atoms with Gasteiger partial charge in [-0.05, 0) is 95.0 Å². The van der Waals surface area contributed by atoms with Crippen LogP contribution in [0, 0.1) is 11.8 Å². The van der Waals surface area contributed by atoms with E-state index in [1.807, 2.05) is 112 Å². The fraction of sp³-hybridized carbons (Fsp3) is 0.553. The number of alkyl carbamates (subject to hydrolysis) is 1. The zero-order valence-electron chi connectivity index (χ0n) is 36.6. The van der Waals surface area contributed by atoms with Crippen LogP contribution in [0.1, 0.15) is 96.5 Å². The van der Waals surface area contributed by atoms with Crippen LogP contribution < -0.4 is 16.0 Å². The number of pyridine rings is 1. The van der Waals surface area contributed by atoms with E-state index in [-0.39, 0.29) is 30.7 Å². The number of nitrogens with one attached hydrogen (secondary N) is 3. The number of nitrogens with zero attached hydrogens (tertiary/aromatic N) is 3. The van der Waals surface area contributed by atoms with E-state index < -0.39 is 59.5 Å². The average molecular weight is 827 g/mol. The van der Waals surface area contributed by atoms with Crippen LogP contribution in [0.25, 0.3) is 0 Å². The highest BCUT2D eigenvalue weighted by molar-refractivity contribution is 5.83. The number of amides is 3. The Labute approximate surface area is 356 Å². The molecule has 60 heavy (non-hydrogen) atoms. The van der Waals surface area contributed by atoms with Crippen LogP contribution >= 0.6 is 0 Å². The number of β-amino-alcohol motifs (C(OH)–C–C–N with tert-alkyl or cyclic N) is 1. The van der Waals surface area contributed by atoms with Gasteiger partial charge in [-0.3, -0.25) is 24.4 Å². The minimum Gasteiger partial charge on any atom is -0.458 e. The lowest BCUT2D eigenvalue weighted by molar-refractivity contribution is -0.154. The van der Waals surface area contributed by atoms with Crippen molar-refractivity contribution < 1.29 is 33.8 Å². The first-order valence-electron chi connectivity index (χ1n) is 21.3. The van der Waals surface area contributed by atoms with Gasteiger partial charge in [0.05, 0.1) is 12.1 Å². The first-order valence-corrected chi connectivity index (χ1v) is 21.3. The number of ether oxygens (including phenoxy) is 2. The number of carbonyl (C=O) groups excluding carboxylic acids is 4. The molecule has 2 heterocycles. The summed E-state index contributed by atoms with van der Waals surface area (Å²) in [6.07, 6.45) is 2.42. The highest BCUT2D eigenvalue weighted by atomic mass is 16.6. The Morgan fingerprint density at radius 1 is 0.900 bits per heavy atom. The monoisotopic (exact) mass is 826 g/mol. The van der Waals surface area contributed by atoms with Gasteiger partial charge in [0.1, 0.15) is 23.8 Å². The van der Waals surface area contributed by atoms with Crippen LogP contribution in [-0.2, 0) is 43.2 Å². The van der Waals surface area contributed by atoms with Crippen molar-refractivity contribution in [3.05, 3.63) is 101 Å². The summed E-state index contributed by atoms with van der Waals surface area (Å²) in [6, 6.07) is 19.2. The van der Waals surface area contributed by atoms with Crippen LogP contribution in [-0.4, -0.2) is 105 Å². The molecule has 1 fully saturated rings. The largest absolute Gasteiger partial charge is 0.458 e. The molecule has 2 aliphatic rings. The first kappa shape index (κ1) is 46.2. The Bertz CT molecular complexity index is 1880. The van der Waals surface area contributed by atoms with Gasteiger partial charge in [-0.2, -0.15) is 0 Å². The number of hydrogen-bond donors (Lipinski definition) is 4. The second-order valence-electron chi connectivity index (χ2n) is 18.8. The van der Waals surface area contributed by atoms with Crippen molar-refractivity contribution in [1.29, 1.82) is 0 Å². The van der Waals surface area contributed by atoms with Crippen molar-refractivity contribution in [2.75, 3.05) is 26.2 Å². The molecule has 4 N–H and O–H groups in total. The molecule has 0 saturated carbocycles. The fourth-order valence-electron chi connectivity index (χ4n) is 8.02. The Morgan fingerprint density at radius 2 is 1.60 bits per heavy atom. The van der Waals surface area contributed by atoms with Gasteiger partial charge < -0.3 is 30.5 Å². The third-order valence-corrected chi connectivity index (χ3v) is 10.6. The normalized spacial score (nSPS) is 20.1. The Balaban J connectivity index is 1.33. The SMILES string of the molecule is CC(C)C[C@H](NC(=O)OC(C)(C)C)C(=O)O[C@@H]1Cc2ccccc2[C@@H]1NC(=O)[C@H](Cc1ccccc1)C[C@H](O)CN1CCN(Cc2cccnc2)C[C@H]1C(=O)NC(C)(C)C. The molecule has 1 aliphatic heterocycles. The van der Waals surface area contributed by atoms with Gasteiger partial charge in [-0.1, -0.05) is 74.5 Å². The summed E-state index contributed by atoms with van der Waals surface area (Å²) in [5.41, 5.74) is 2.60. The third-order valence-electron chi connectivity index (χ3n) is 10.6. The van der Waals surface area contributed by atoms with Gasteiger partial charge in [0.15, 0.2) is 0 Å². The van der Waals surface area contributed by atoms with E-state index in [9.17, 15) is 24.3 Å². The number of aliphatic hydroxyl groups excluding tert-OH is 1. The van der Waals surface area contributed by atoms with Crippen molar-refractivity contribution in [2.45, 2.75) is 129 Å². The van der Waals surface area contributed by atoms with Crippen molar-refractivity contribution in [3.8, 4) is 0 Å². The molecule has 0 unspecified atom stereocenters. The van der Waals surface area contributed by atoms with E-state index >= 15 is 0 Å². The highest BCUT2D eigenvalue weighted by Gasteiger charge is 2.40. The van der Waals surface area contributed by atoms with Gasteiger partial charge in [0.2, 0.25) is 11.8 Å². The molecule has 5 rings (SSSR count). The zero-order valence-corrected chi connectivity index (χ0v) is 36.6. The molecular weight excluding hydrogens is 761 g/mol. The number of rotatable bonds is 16. The molecule has 1 saturated heterocycles. The van der Waals surface area contributed by atoms with E-state index in [2.05, 4.69) is 25.8 Å². The van der Waals surface area contributed by atoms with Gasteiger partial charge in [0, 0.05) is 63.0 Å². The number of carbonyl (C=O) groups is 4. The molecule has 0 bridgehead atoms. The lowest BCUT2D eigenvalue weighted by Crippen LogP contribution is -2.61. The van der Waals surface area contributed by atoms with Crippen LogP contribution in [0.4, 0.5) is 4.79 Å². The number of piperazine rings is 1. The third kappa shape index (κ3) is 14.1. The Morgan fingerprint density at radius 3 is 2.27 bits per heavy atom. The molecule has 3 aromatic rings. The van der Waals surface area contributed by atoms with E-state index in [0.29, 0.717) is 45.4 Å². The van der Waals surface area contributed by atoms with Crippen LogP contribution in [0.15, 0.2) is 79.1 Å². The van der Waals surface area contributed by atoms with Crippen LogP contribution in [0.2, 0.25) is 0 Å². The summed E-state index contributed by atoms with van der Waals surface area (Å²) in [7, 11) is 0.